The van der Waals surface area contributed by atoms with Crippen molar-refractivity contribution in [1.82, 2.24) is 14.5 Å². The average molecular weight is 326 g/mol. The molecule has 128 valence electrons. The van der Waals surface area contributed by atoms with Crippen molar-refractivity contribution in [3.63, 3.8) is 0 Å². The molecular weight excluding hydrogens is 300 g/mol. The molecule has 1 aliphatic heterocycles. The molecule has 0 bridgehead atoms. The molecule has 0 spiro atoms. The fourth-order valence-corrected chi connectivity index (χ4v) is 3.38. The third-order valence-corrected chi connectivity index (χ3v) is 4.54. The van der Waals surface area contributed by atoms with Crippen LogP contribution in [0, 0.1) is 20.8 Å². The van der Waals surface area contributed by atoms with Crippen molar-refractivity contribution in [2.24, 2.45) is 0 Å². The van der Waals surface area contributed by atoms with Crippen LogP contribution < -0.4 is 5.32 Å². The molecule has 0 aliphatic carbocycles. The Morgan fingerprint density at radius 1 is 1.21 bits per heavy atom. The highest BCUT2D eigenvalue weighted by molar-refractivity contribution is 5.90. The summed E-state index contributed by atoms with van der Waals surface area (Å²) in [5.74, 6) is 1.46. The molecule has 1 N–H and O–H groups in total. The zero-order valence-corrected chi connectivity index (χ0v) is 15.0. The van der Waals surface area contributed by atoms with Crippen molar-refractivity contribution in [2.45, 2.75) is 46.6 Å². The molecule has 0 atom stereocenters. The number of urea groups is 1. The number of benzene rings is 1. The number of nitrogens with zero attached hydrogens (tertiary/aromatic N) is 3. The number of amides is 2. The third-order valence-electron chi connectivity index (χ3n) is 4.54. The van der Waals surface area contributed by atoms with Gasteiger partial charge >= 0.3 is 6.03 Å². The molecule has 1 saturated heterocycles. The first kappa shape index (κ1) is 16.6. The Bertz CT molecular complexity index is 724. The van der Waals surface area contributed by atoms with E-state index in [1.807, 2.05) is 37.1 Å². The van der Waals surface area contributed by atoms with Crippen LogP contribution in [0.15, 0.2) is 24.4 Å². The molecule has 2 heterocycles. The van der Waals surface area contributed by atoms with E-state index in [2.05, 4.69) is 34.8 Å². The van der Waals surface area contributed by atoms with Gasteiger partial charge in [0.2, 0.25) is 0 Å². The maximum absolute atomic E-state index is 12.4. The van der Waals surface area contributed by atoms with E-state index in [4.69, 9.17) is 0 Å². The molecule has 3 rings (SSSR count). The monoisotopic (exact) mass is 326 g/mol. The van der Waals surface area contributed by atoms with Crippen LogP contribution in [-0.4, -0.2) is 33.6 Å². The first-order valence-electron chi connectivity index (χ1n) is 8.64. The van der Waals surface area contributed by atoms with E-state index in [9.17, 15) is 4.79 Å². The maximum Gasteiger partial charge on any atom is 0.321 e. The summed E-state index contributed by atoms with van der Waals surface area (Å²) in [6, 6.07) is 6.08. The van der Waals surface area contributed by atoms with E-state index in [0.29, 0.717) is 5.92 Å². The fraction of sp³-hybridized carbons (Fsp3) is 0.474. The number of nitrogens with one attached hydrogen (secondary N) is 1. The molecule has 1 aromatic carbocycles. The lowest BCUT2D eigenvalue weighted by Crippen LogP contribution is -2.51. The van der Waals surface area contributed by atoms with Gasteiger partial charge in [0.05, 0.1) is 5.92 Å². The van der Waals surface area contributed by atoms with Crippen LogP contribution in [-0.2, 0) is 6.54 Å². The van der Waals surface area contributed by atoms with E-state index in [1.54, 1.807) is 0 Å². The Kier molecular flexibility index (Phi) is 4.60. The zero-order valence-electron chi connectivity index (χ0n) is 15.0. The van der Waals surface area contributed by atoms with Gasteiger partial charge in [0.1, 0.15) is 5.82 Å². The minimum absolute atomic E-state index is 0.0263. The Balaban J connectivity index is 1.61. The van der Waals surface area contributed by atoms with Crippen molar-refractivity contribution >= 4 is 11.7 Å². The van der Waals surface area contributed by atoms with Gasteiger partial charge in [-0.2, -0.15) is 0 Å². The summed E-state index contributed by atoms with van der Waals surface area (Å²) < 4.78 is 2.28. The lowest BCUT2D eigenvalue weighted by molar-refractivity contribution is 0.159. The van der Waals surface area contributed by atoms with E-state index >= 15 is 0 Å². The molecule has 1 fully saturated rings. The Morgan fingerprint density at radius 2 is 1.88 bits per heavy atom. The molecule has 2 amide bonds. The van der Waals surface area contributed by atoms with Gasteiger partial charge < -0.3 is 14.8 Å². The average Bonchev–Trinajstić information content (AvgIpc) is 2.78. The van der Waals surface area contributed by atoms with Crippen molar-refractivity contribution in [1.29, 1.82) is 0 Å². The fourth-order valence-electron chi connectivity index (χ4n) is 3.38. The van der Waals surface area contributed by atoms with Gasteiger partial charge in [-0.25, -0.2) is 9.78 Å². The van der Waals surface area contributed by atoms with Crippen LogP contribution in [0.25, 0.3) is 0 Å². The van der Waals surface area contributed by atoms with Gasteiger partial charge in [-0.1, -0.05) is 13.0 Å². The number of hydrogen-bond donors (Lipinski definition) is 1. The van der Waals surface area contributed by atoms with Crippen LogP contribution in [0.5, 0.6) is 0 Å². The lowest BCUT2D eigenvalue weighted by atomic mass is 9.99. The van der Waals surface area contributed by atoms with Crippen molar-refractivity contribution in [3.05, 3.63) is 47.0 Å². The number of rotatable bonds is 4. The summed E-state index contributed by atoms with van der Waals surface area (Å²) in [4.78, 5) is 18.8. The van der Waals surface area contributed by atoms with Gasteiger partial charge in [0.25, 0.3) is 0 Å². The zero-order chi connectivity index (χ0) is 17.3. The number of likely N-dealkylation sites (tertiary alicyclic amines) is 1. The van der Waals surface area contributed by atoms with Gasteiger partial charge in [-0.3, -0.25) is 0 Å². The Labute approximate surface area is 143 Å². The van der Waals surface area contributed by atoms with Crippen molar-refractivity contribution in [3.8, 4) is 0 Å². The van der Waals surface area contributed by atoms with E-state index in [-0.39, 0.29) is 6.03 Å². The van der Waals surface area contributed by atoms with Crippen LogP contribution in [0.4, 0.5) is 10.5 Å². The molecule has 1 aromatic heterocycles. The van der Waals surface area contributed by atoms with E-state index in [1.165, 1.54) is 5.69 Å². The second-order valence-electron chi connectivity index (χ2n) is 6.82. The van der Waals surface area contributed by atoms with Crippen LogP contribution in [0.3, 0.4) is 0 Å². The molecule has 0 radical (unpaired) electrons. The first-order chi connectivity index (χ1) is 11.5. The van der Waals surface area contributed by atoms with Gasteiger partial charge in [0, 0.05) is 37.2 Å². The van der Waals surface area contributed by atoms with Crippen LogP contribution >= 0.6 is 0 Å². The molecule has 5 heteroatoms. The highest BCUT2D eigenvalue weighted by Crippen LogP contribution is 2.28. The van der Waals surface area contributed by atoms with Crippen LogP contribution in [0.2, 0.25) is 0 Å². The minimum Gasteiger partial charge on any atom is -0.332 e. The highest BCUT2D eigenvalue weighted by atomic mass is 16.2. The topological polar surface area (TPSA) is 50.2 Å². The Hall–Kier alpha value is -2.30. The predicted octanol–water partition coefficient (Wildman–Crippen LogP) is 3.85. The smallest absolute Gasteiger partial charge is 0.321 e. The molecule has 5 nitrogen and oxygen atoms in total. The number of hydrogen-bond acceptors (Lipinski definition) is 2. The normalized spacial score (nSPS) is 14.6. The second kappa shape index (κ2) is 6.67. The summed E-state index contributed by atoms with van der Waals surface area (Å²) in [6.45, 7) is 10.8. The minimum atomic E-state index is -0.0263. The van der Waals surface area contributed by atoms with E-state index < -0.39 is 0 Å². The van der Waals surface area contributed by atoms with Gasteiger partial charge in [0.15, 0.2) is 0 Å². The second-order valence-corrected chi connectivity index (χ2v) is 6.82. The number of imidazole rings is 1. The summed E-state index contributed by atoms with van der Waals surface area (Å²) in [5.41, 5.74) is 4.38. The summed E-state index contributed by atoms with van der Waals surface area (Å²) in [6.07, 6.45) is 3.02. The van der Waals surface area contributed by atoms with Crippen LogP contribution in [0.1, 0.15) is 41.9 Å². The third kappa shape index (κ3) is 3.30. The summed E-state index contributed by atoms with van der Waals surface area (Å²) >= 11 is 0. The summed E-state index contributed by atoms with van der Waals surface area (Å²) in [7, 11) is 0. The van der Waals surface area contributed by atoms with E-state index in [0.717, 1.165) is 48.7 Å². The van der Waals surface area contributed by atoms with Crippen molar-refractivity contribution < 1.29 is 4.79 Å². The molecule has 0 unspecified atom stereocenters. The molecule has 24 heavy (non-hydrogen) atoms. The highest BCUT2D eigenvalue weighted by Gasteiger charge is 2.34. The predicted molar refractivity (Wildman–Crippen MR) is 96.5 cm³/mol. The number of aryl methyl sites for hydroxylation is 3. The quantitative estimate of drug-likeness (QED) is 0.928. The molecule has 2 aromatic rings. The molecule has 0 saturated carbocycles. The SMILES string of the molecule is CCCn1c(C)cnc1C1CN(C(=O)Nc2cc(C)cc(C)c2)C1. The molecule has 1 aliphatic rings. The van der Waals surface area contributed by atoms with Gasteiger partial charge in [-0.15, -0.1) is 0 Å². The maximum atomic E-state index is 12.4. The summed E-state index contributed by atoms with van der Waals surface area (Å²) in [5, 5.41) is 3.00. The standard InChI is InChI=1S/C19H26N4O/c1-5-6-23-15(4)10-20-18(23)16-11-22(12-16)19(24)21-17-8-13(2)7-14(3)9-17/h7-10,16H,5-6,11-12H2,1-4H3,(H,21,24). The number of anilines is 1. The number of aromatic nitrogens is 2. The largest absolute Gasteiger partial charge is 0.332 e. The number of carbonyl (C=O) groups excluding carboxylic acids is 1. The number of carbonyl (C=O) groups is 1. The lowest BCUT2D eigenvalue weighted by Gasteiger charge is -2.39. The Morgan fingerprint density at radius 3 is 2.50 bits per heavy atom. The molecular formula is C19H26N4O. The first-order valence-corrected chi connectivity index (χ1v) is 8.64. The van der Waals surface area contributed by atoms with Crippen molar-refractivity contribution in [2.75, 3.05) is 18.4 Å². The van der Waals surface area contributed by atoms with Gasteiger partial charge in [-0.05, 0) is 50.5 Å².